The Morgan fingerprint density at radius 3 is 2.55 bits per heavy atom. The number of carbonyl (C=O) groups is 1. The van der Waals surface area contributed by atoms with Gasteiger partial charge in [-0.1, -0.05) is 12.1 Å². The van der Waals surface area contributed by atoms with E-state index in [0.29, 0.717) is 50.1 Å². The predicted octanol–water partition coefficient (Wildman–Crippen LogP) is 6.04. The van der Waals surface area contributed by atoms with E-state index >= 15 is 0 Å². The van der Waals surface area contributed by atoms with Gasteiger partial charge < -0.3 is 19.4 Å². The number of hydrogen-bond donors (Lipinski definition) is 3. The van der Waals surface area contributed by atoms with E-state index in [-0.39, 0.29) is 28.3 Å². The fourth-order valence-electron chi connectivity index (χ4n) is 5.67. The van der Waals surface area contributed by atoms with Crippen LogP contribution in [0.15, 0.2) is 77.2 Å². The molecule has 1 aliphatic heterocycles. The van der Waals surface area contributed by atoms with Crippen molar-refractivity contribution < 1.29 is 31.5 Å². The van der Waals surface area contributed by atoms with Crippen molar-refractivity contribution in [2.45, 2.75) is 13.2 Å². The molecule has 0 bridgehead atoms. The summed E-state index contributed by atoms with van der Waals surface area (Å²) in [5.41, 5.74) is 3.57. The maximum atomic E-state index is 14.6. The number of benzene rings is 3. The van der Waals surface area contributed by atoms with Crippen LogP contribution in [-0.2, 0) is 10.0 Å². The molecule has 0 spiro atoms. The highest BCUT2D eigenvalue weighted by molar-refractivity contribution is 7.92. The van der Waals surface area contributed by atoms with Gasteiger partial charge in [-0.3, -0.25) is 9.52 Å². The number of halogens is 2. The standard InChI is InChI=1S/C32H24F2N4O5S/c1-3-44(41,42)37-24-15-27-21(28(31(39)35-2)30(43-27)16-7-9-17(33)10-8-16)13-20(24)23-12-11-18-29(36-23)26-14-19-22(34)5-4-6-25(19)38(26)32(18)40/h4-15,32,37,40H,3H2,1-2H3,(H,35,39). The SMILES string of the molecule is CCS(=O)(=O)Nc1cc2oc(-c3ccc(F)cc3)c(C(=O)NC)c2cc1-c1ccc2c(n1)-c1cc3c(F)cccc3n1C2O. The first kappa shape index (κ1) is 27.7. The van der Waals surface area contributed by atoms with Crippen LogP contribution < -0.4 is 10.0 Å². The highest BCUT2D eigenvalue weighted by atomic mass is 32.2. The molecular weight excluding hydrogens is 590 g/mol. The molecule has 0 radical (unpaired) electrons. The number of rotatable bonds is 6. The molecule has 1 atom stereocenters. The van der Waals surface area contributed by atoms with E-state index in [1.54, 1.807) is 41.0 Å². The molecule has 3 aromatic carbocycles. The van der Waals surface area contributed by atoms with Crippen LogP contribution in [0.5, 0.6) is 0 Å². The molecule has 9 nitrogen and oxygen atoms in total. The molecule has 0 fully saturated rings. The minimum absolute atomic E-state index is 0.153. The molecule has 1 aliphatic rings. The molecular formula is C32H24F2N4O5S. The number of sulfonamides is 1. The van der Waals surface area contributed by atoms with Crippen molar-refractivity contribution in [2.24, 2.45) is 0 Å². The molecule has 6 aromatic rings. The third-order valence-corrected chi connectivity index (χ3v) is 9.12. The lowest BCUT2D eigenvalue weighted by Gasteiger charge is -2.13. The number of nitrogens with zero attached hydrogens (tertiary/aromatic N) is 2. The van der Waals surface area contributed by atoms with Gasteiger partial charge in [0.05, 0.1) is 39.6 Å². The highest BCUT2D eigenvalue weighted by Gasteiger charge is 2.32. The summed E-state index contributed by atoms with van der Waals surface area (Å²) in [5.74, 6) is -1.39. The molecule has 1 amide bonds. The van der Waals surface area contributed by atoms with Crippen LogP contribution in [-0.4, -0.2) is 41.8 Å². The van der Waals surface area contributed by atoms with Crippen LogP contribution in [0.1, 0.15) is 29.1 Å². The molecule has 0 aliphatic carbocycles. The second-order valence-corrected chi connectivity index (χ2v) is 12.4. The monoisotopic (exact) mass is 614 g/mol. The van der Waals surface area contributed by atoms with Gasteiger partial charge in [0.25, 0.3) is 5.91 Å². The van der Waals surface area contributed by atoms with Gasteiger partial charge in [0, 0.05) is 40.6 Å². The summed E-state index contributed by atoms with van der Waals surface area (Å²) < 4.78 is 64.1. The number of hydrogen-bond acceptors (Lipinski definition) is 6. The molecule has 1 unspecified atom stereocenters. The number of amides is 1. The Morgan fingerprint density at radius 1 is 1.05 bits per heavy atom. The van der Waals surface area contributed by atoms with Gasteiger partial charge in [-0.2, -0.15) is 0 Å². The third kappa shape index (κ3) is 4.25. The summed E-state index contributed by atoms with van der Waals surface area (Å²) in [4.78, 5) is 18.0. The van der Waals surface area contributed by atoms with Crippen LogP contribution in [0, 0.1) is 11.6 Å². The number of carbonyl (C=O) groups excluding carboxylic acids is 1. The molecule has 0 saturated carbocycles. The van der Waals surface area contributed by atoms with Gasteiger partial charge in [-0.05, 0) is 61.5 Å². The first-order chi connectivity index (χ1) is 21.1. The number of furan rings is 1. The maximum absolute atomic E-state index is 14.6. The number of anilines is 1. The number of aliphatic hydroxyl groups is 1. The zero-order chi connectivity index (χ0) is 30.9. The number of aromatic nitrogens is 2. The Balaban J connectivity index is 1.48. The van der Waals surface area contributed by atoms with E-state index in [2.05, 4.69) is 10.0 Å². The molecule has 3 aromatic heterocycles. The lowest BCUT2D eigenvalue weighted by atomic mass is 10.00. The molecule has 4 heterocycles. The first-order valence-electron chi connectivity index (χ1n) is 13.7. The minimum Gasteiger partial charge on any atom is -0.455 e. The summed E-state index contributed by atoms with van der Waals surface area (Å²) in [6.45, 7) is 1.50. The van der Waals surface area contributed by atoms with Crippen molar-refractivity contribution >= 4 is 43.5 Å². The van der Waals surface area contributed by atoms with E-state index in [4.69, 9.17) is 9.40 Å². The van der Waals surface area contributed by atoms with E-state index < -0.39 is 33.8 Å². The van der Waals surface area contributed by atoms with E-state index in [9.17, 15) is 27.1 Å². The summed E-state index contributed by atoms with van der Waals surface area (Å²) in [6, 6.07) is 18.1. The quantitative estimate of drug-likeness (QED) is 0.210. The van der Waals surface area contributed by atoms with Gasteiger partial charge >= 0.3 is 0 Å². The predicted molar refractivity (Wildman–Crippen MR) is 163 cm³/mol. The third-order valence-electron chi connectivity index (χ3n) is 7.83. The number of aliphatic hydroxyl groups excluding tert-OH is 1. The van der Waals surface area contributed by atoms with Crippen molar-refractivity contribution in [3.63, 3.8) is 0 Å². The smallest absolute Gasteiger partial charge is 0.255 e. The Kier molecular flexibility index (Phi) is 6.30. The minimum atomic E-state index is -3.77. The molecule has 3 N–H and O–H groups in total. The number of pyridine rings is 1. The van der Waals surface area contributed by atoms with E-state index in [1.165, 1.54) is 50.4 Å². The van der Waals surface area contributed by atoms with Crippen molar-refractivity contribution in [1.29, 1.82) is 0 Å². The van der Waals surface area contributed by atoms with Gasteiger partial charge in [0.2, 0.25) is 10.0 Å². The molecule has 7 rings (SSSR count). The molecule has 44 heavy (non-hydrogen) atoms. The van der Waals surface area contributed by atoms with Crippen molar-refractivity contribution in [3.05, 3.63) is 95.6 Å². The Morgan fingerprint density at radius 2 is 1.82 bits per heavy atom. The van der Waals surface area contributed by atoms with Gasteiger partial charge in [-0.25, -0.2) is 22.2 Å². The van der Waals surface area contributed by atoms with Crippen molar-refractivity contribution in [2.75, 3.05) is 17.5 Å². The van der Waals surface area contributed by atoms with Gasteiger partial charge in [0.15, 0.2) is 6.23 Å². The Bertz CT molecular complexity index is 2260. The lowest BCUT2D eigenvalue weighted by molar-refractivity contribution is 0.0964. The van der Waals surface area contributed by atoms with E-state index in [0.717, 1.165) is 0 Å². The van der Waals surface area contributed by atoms with E-state index in [1.807, 2.05) is 0 Å². The lowest BCUT2D eigenvalue weighted by Crippen LogP contribution is -2.18. The summed E-state index contributed by atoms with van der Waals surface area (Å²) in [5, 5.41) is 14.4. The zero-order valence-corrected chi connectivity index (χ0v) is 24.2. The zero-order valence-electron chi connectivity index (χ0n) is 23.4. The largest absolute Gasteiger partial charge is 0.455 e. The topological polar surface area (TPSA) is 126 Å². The second-order valence-electron chi connectivity index (χ2n) is 10.4. The molecule has 12 heteroatoms. The normalized spacial score (nSPS) is 14.2. The average Bonchev–Trinajstić information content (AvgIpc) is 3.67. The van der Waals surface area contributed by atoms with Crippen molar-refractivity contribution in [3.8, 4) is 34.0 Å². The fraction of sp³-hybridized carbons (Fsp3) is 0.125. The van der Waals surface area contributed by atoms with Crippen molar-refractivity contribution in [1.82, 2.24) is 14.9 Å². The Labute approximate surface area is 249 Å². The number of nitrogens with one attached hydrogen (secondary N) is 2. The molecule has 0 saturated heterocycles. The average molecular weight is 615 g/mol. The Hall–Kier alpha value is -5.07. The number of fused-ring (bicyclic) bond motifs is 6. The van der Waals surface area contributed by atoms with Gasteiger partial charge in [-0.15, -0.1) is 0 Å². The second kappa shape index (κ2) is 10.00. The summed E-state index contributed by atoms with van der Waals surface area (Å²) >= 11 is 0. The van der Waals surface area contributed by atoms with Crippen LogP contribution in [0.4, 0.5) is 14.5 Å². The fourth-order valence-corrected chi connectivity index (χ4v) is 6.32. The van der Waals surface area contributed by atoms with Crippen LogP contribution in [0.3, 0.4) is 0 Å². The van der Waals surface area contributed by atoms with Crippen LogP contribution >= 0.6 is 0 Å². The molecule has 222 valence electrons. The first-order valence-corrected chi connectivity index (χ1v) is 15.3. The van der Waals surface area contributed by atoms with Crippen LogP contribution in [0.25, 0.3) is 55.8 Å². The van der Waals surface area contributed by atoms with Gasteiger partial charge in [0.1, 0.15) is 23.0 Å². The van der Waals surface area contributed by atoms with Crippen LogP contribution in [0.2, 0.25) is 0 Å². The summed E-state index contributed by atoms with van der Waals surface area (Å²) in [7, 11) is -2.30. The highest BCUT2D eigenvalue weighted by Crippen LogP contribution is 2.45. The maximum Gasteiger partial charge on any atom is 0.255 e. The summed E-state index contributed by atoms with van der Waals surface area (Å²) in [6.07, 6.45) is -1.10.